The molecule has 0 saturated carbocycles. The van der Waals surface area contributed by atoms with Crippen molar-refractivity contribution in [1.29, 1.82) is 0 Å². The first-order chi connectivity index (χ1) is 6.83. The maximum Gasteiger partial charge on any atom is 0.355 e. The first kappa shape index (κ1) is 12.0. The van der Waals surface area contributed by atoms with E-state index >= 15 is 0 Å². The summed E-state index contributed by atoms with van der Waals surface area (Å²) in [6.45, 7) is 0. The molecule has 4 nitrogen and oxygen atoms in total. The van der Waals surface area contributed by atoms with Crippen molar-refractivity contribution in [2.24, 2.45) is 0 Å². The molecule has 2 N–H and O–H groups in total. The molecule has 0 atom stereocenters. The maximum atomic E-state index is 11.9. The van der Waals surface area contributed by atoms with Crippen LogP contribution >= 0.6 is 11.6 Å². The van der Waals surface area contributed by atoms with Crippen molar-refractivity contribution in [3.63, 3.8) is 0 Å². The van der Waals surface area contributed by atoms with E-state index < -0.39 is 15.8 Å². The number of anilines is 1. The molecule has 0 aromatic heterocycles. The molecule has 15 heavy (non-hydrogen) atoms. The van der Waals surface area contributed by atoms with Crippen molar-refractivity contribution in [3.8, 4) is 5.75 Å². The van der Waals surface area contributed by atoms with Crippen molar-refractivity contribution < 1.29 is 22.3 Å². The van der Waals surface area contributed by atoms with Crippen LogP contribution in [-0.4, -0.2) is 19.3 Å². The lowest BCUT2D eigenvalue weighted by molar-refractivity contribution is 0.236. The molecule has 0 bridgehead atoms. The zero-order valence-corrected chi connectivity index (χ0v) is 8.69. The van der Waals surface area contributed by atoms with E-state index in [1.165, 1.54) is 0 Å². The van der Waals surface area contributed by atoms with E-state index in [1.807, 2.05) is 0 Å². The average molecular weight is 258 g/mol. The fraction of sp³-hybridized carbons (Fsp3) is 0.143. The van der Waals surface area contributed by atoms with Crippen LogP contribution in [0, 0.1) is 0 Å². The quantitative estimate of drug-likeness (QED) is 0.814. The summed E-state index contributed by atoms with van der Waals surface area (Å²) < 4.78 is 47.0. The first-order valence-corrected chi connectivity index (χ1v) is 5.53. The second-order valence-electron chi connectivity index (χ2n) is 2.57. The van der Waals surface area contributed by atoms with E-state index in [4.69, 9.17) is 16.7 Å². The molecule has 0 radical (unpaired) electrons. The minimum atomic E-state index is -4.70. The Bertz CT molecular complexity index is 463. The molecule has 0 aliphatic rings. The Labute approximate surface area is 89.5 Å². The molecule has 0 spiro atoms. The van der Waals surface area contributed by atoms with Gasteiger partial charge in [0.1, 0.15) is 5.75 Å². The van der Waals surface area contributed by atoms with Gasteiger partial charge in [-0.05, 0) is 18.2 Å². The van der Waals surface area contributed by atoms with Gasteiger partial charge in [-0.1, -0.05) is 11.6 Å². The number of benzene rings is 1. The molecule has 0 amide bonds. The largest absolute Gasteiger partial charge is 0.506 e. The van der Waals surface area contributed by atoms with Gasteiger partial charge in [0.05, 0.1) is 10.7 Å². The lowest BCUT2D eigenvalue weighted by Gasteiger charge is -2.07. The summed E-state index contributed by atoms with van der Waals surface area (Å²) in [5.74, 6) is -3.79. The van der Waals surface area contributed by atoms with Crippen LogP contribution in [0.2, 0.25) is 5.02 Å². The minimum absolute atomic E-state index is 0.135. The molecule has 1 aromatic carbocycles. The number of aromatic hydroxyl groups is 1. The predicted molar refractivity (Wildman–Crippen MR) is 51.7 cm³/mol. The van der Waals surface area contributed by atoms with Crippen LogP contribution in [0.25, 0.3) is 0 Å². The van der Waals surface area contributed by atoms with Crippen molar-refractivity contribution >= 4 is 27.3 Å². The number of sulfonamides is 1. The van der Waals surface area contributed by atoms with E-state index in [9.17, 15) is 17.2 Å². The van der Waals surface area contributed by atoms with Gasteiger partial charge >= 0.3 is 5.76 Å². The summed E-state index contributed by atoms with van der Waals surface area (Å²) in [5.41, 5.74) is -0.141. The average Bonchev–Trinajstić information content (AvgIpc) is 2.10. The standard InChI is InChI=1S/C7H6ClF2NO3S/c8-5-3-4(1-2-6(5)12)11-15(13,14)7(9)10/h1-3,7,11-12H. The molecule has 8 heteroatoms. The van der Waals surface area contributed by atoms with Crippen LogP contribution in [0.5, 0.6) is 5.75 Å². The number of phenols is 1. The Morgan fingerprint density at radius 1 is 1.40 bits per heavy atom. The van der Waals surface area contributed by atoms with Crippen LogP contribution in [0.15, 0.2) is 18.2 Å². The SMILES string of the molecule is O=S(=O)(Nc1ccc(O)c(Cl)c1)C(F)F. The molecular formula is C7H6ClF2NO3S. The molecule has 1 rings (SSSR count). The summed E-state index contributed by atoms with van der Waals surface area (Å²) >= 11 is 5.45. The topological polar surface area (TPSA) is 66.4 Å². The van der Waals surface area contributed by atoms with Crippen LogP contribution in [0.4, 0.5) is 14.5 Å². The molecule has 0 unspecified atom stereocenters. The van der Waals surface area contributed by atoms with Crippen LogP contribution in [0.3, 0.4) is 0 Å². The molecule has 0 fully saturated rings. The highest BCUT2D eigenvalue weighted by Gasteiger charge is 2.23. The van der Waals surface area contributed by atoms with Crippen LogP contribution in [-0.2, 0) is 10.0 Å². The fourth-order valence-corrected chi connectivity index (χ4v) is 1.50. The molecule has 0 saturated heterocycles. The summed E-state index contributed by atoms with van der Waals surface area (Å²) in [5, 5.41) is 8.86. The highest BCUT2D eigenvalue weighted by atomic mass is 35.5. The highest BCUT2D eigenvalue weighted by molar-refractivity contribution is 7.93. The van der Waals surface area contributed by atoms with Gasteiger partial charge in [-0.25, -0.2) is 8.42 Å². The van der Waals surface area contributed by atoms with Gasteiger partial charge in [0.15, 0.2) is 0 Å². The van der Waals surface area contributed by atoms with Crippen molar-refractivity contribution in [2.45, 2.75) is 5.76 Å². The monoisotopic (exact) mass is 257 g/mol. The number of hydrogen-bond donors (Lipinski definition) is 2. The van der Waals surface area contributed by atoms with E-state index in [1.54, 1.807) is 4.72 Å². The fourth-order valence-electron chi connectivity index (χ4n) is 0.779. The van der Waals surface area contributed by atoms with Crippen molar-refractivity contribution in [1.82, 2.24) is 0 Å². The smallest absolute Gasteiger partial charge is 0.355 e. The third-order valence-electron chi connectivity index (χ3n) is 1.44. The third-order valence-corrected chi connectivity index (χ3v) is 2.73. The molecule has 0 heterocycles. The van der Waals surface area contributed by atoms with Crippen molar-refractivity contribution in [2.75, 3.05) is 4.72 Å². The Morgan fingerprint density at radius 3 is 2.47 bits per heavy atom. The zero-order chi connectivity index (χ0) is 11.6. The second kappa shape index (κ2) is 4.19. The maximum absolute atomic E-state index is 11.9. The van der Waals surface area contributed by atoms with Gasteiger partial charge in [-0.2, -0.15) is 8.78 Å². The second-order valence-corrected chi connectivity index (χ2v) is 4.63. The van der Waals surface area contributed by atoms with Gasteiger partial charge < -0.3 is 5.11 Å². The molecule has 0 aliphatic heterocycles. The van der Waals surface area contributed by atoms with E-state index in [0.717, 1.165) is 18.2 Å². The Balaban J connectivity index is 2.96. The van der Waals surface area contributed by atoms with Crippen molar-refractivity contribution in [3.05, 3.63) is 23.2 Å². The Morgan fingerprint density at radius 2 is 2.00 bits per heavy atom. The van der Waals surface area contributed by atoms with E-state index in [0.29, 0.717) is 0 Å². The number of halogens is 3. The first-order valence-electron chi connectivity index (χ1n) is 3.61. The zero-order valence-electron chi connectivity index (χ0n) is 7.12. The number of rotatable bonds is 3. The third kappa shape index (κ3) is 2.93. The number of hydrogen-bond acceptors (Lipinski definition) is 3. The van der Waals surface area contributed by atoms with Gasteiger partial charge in [0.25, 0.3) is 10.0 Å². The lowest BCUT2D eigenvalue weighted by Crippen LogP contribution is -2.20. The normalized spacial score (nSPS) is 11.7. The highest BCUT2D eigenvalue weighted by Crippen LogP contribution is 2.27. The van der Waals surface area contributed by atoms with Crippen LogP contribution in [0.1, 0.15) is 0 Å². The molecule has 1 aromatic rings. The molecular weight excluding hydrogens is 252 g/mol. The predicted octanol–water partition coefficient (Wildman–Crippen LogP) is 2.01. The minimum Gasteiger partial charge on any atom is -0.506 e. The summed E-state index contributed by atoms with van der Waals surface area (Å²) in [6.07, 6.45) is 0. The summed E-state index contributed by atoms with van der Waals surface area (Å²) in [6, 6.07) is 3.23. The summed E-state index contributed by atoms with van der Waals surface area (Å²) in [7, 11) is -4.70. The van der Waals surface area contributed by atoms with Gasteiger partial charge in [-0.15, -0.1) is 0 Å². The number of nitrogens with one attached hydrogen (secondary N) is 1. The van der Waals surface area contributed by atoms with Gasteiger partial charge in [-0.3, -0.25) is 4.72 Å². The van der Waals surface area contributed by atoms with Gasteiger partial charge in [0, 0.05) is 0 Å². The van der Waals surface area contributed by atoms with E-state index in [-0.39, 0.29) is 16.5 Å². The van der Waals surface area contributed by atoms with E-state index in [2.05, 4.69) is 0 Å². The molecule has 84 valence electrons. The summed E-state index contributed by atoms with van der Waals surface area (Å²) in [4.78, 5) is 0. The van der Waals surface area contributed by atoms with Crippen LogP contribution < -0.4 is 4.72 Å². The Kier molecular flexibility index (Phi) is 3.35. The number of phenolic OH excluding ortho intramolecular Hbond substituents is 1. The number of alkyl halides is 2. The lowest BCUT2D eigenvalue weighted by atomic mass is 10.3. The molecule has 0 aliphatic carbocycles. The van der Waals surface area contributed by atoms with Gasteiger partial charge in [0.2, 0.25) is 0 Å². The Hall–Kier alpha value is -1.08.